The molecule has 0 aliphatic heterocycles. The predicted molar refractivity (Wildman–Crippen MR) is 102 cm³/mol. The number of hydrazine groups is 1. The average Bonchev–Trinajstić information content (AvgIpc) is 3.03. The van der Waals surface area contributed by atoms with E-state index in [1.807, 2.05) is 37.3 Å². The van der Waals surface area contributed by atoms with Gasteiger partial charge >= 0.3 is 0 Å². The lowest BCUT2D eigenvalue weighted by Crippen LogP contribution is -2.41. The van der Waals surface area contributed by atoms with Crippen LogP contribution in [0.4, 0.5) is 0 Å². The molecule has 2 N–H and O–H groups in total. The Kier molecular flexibility index (Phi) is 5.93. The summed E-state index contributed by atoms with van der Waals surface area (Å²) in [5.74, 6) is 0.868. The van der Waals surface area contributed by atoms with Crippen molar-refractivity contribution in [3.05, 3.63) is 51.2 Å². The standard InChI is InChI=1S/C20H24N2O3S/c1-13-4-3-5-16(11-13)25-9-8-19(23)21-22-20(24)18-12-15-10-14(2)6-7-17(15)26-18/h3-5,11-12,14H,6-10H2,1-2H3,(H,21,23)(H,22,24)/t14-/m1/s1. The monoisotopic (exact) mass is 372 g/mol. The van der Waals surface area contributed by atoms with E-state index in [0.717, 1.165) is 24.2 Å². The second-order valence-corrected chi connectivity index (χ2v) is 7.96. The number of ether oxygens (including phenoxy) is 1. The summed E-state index contributed by atoms with van der Waals surface area (Å²) in [4.78, 5) is 26.1. The highest BCUT2D eigenvalue weighted by atomic mass is 32.1. The van der Waals surface area contributed by atoms with Crippen LogP contribution in [0, 0.1) is 12.8 Å². The minimum Gasteiger partial charge on any atom is -0.493 e. The average molecular weight is 372 g/mol. The number of amides is 2. The number of thiophene rings is 1. The zero-order valence-electron chi connectivity index (χ0n) is 15.1. The van der Waals surface area contributed by atoms with Gasteiger partial charge in [0.15, 0.2) is 0 Å². The van der Waals surface area contributed by atoms with Crippen LogP contribution in [-0.4, -0.2) is 18.4 Å². The van der Waals surface area contributed by atoms with E-state index in [0.29, 0.717) is 10.8 Å². The minimum atomic E-state index is -0.277. The van der Waals surface area contributed by atoms with E-state index in [2.05, 4.69) is 17.8 Å². The number of carbonyl (C=O) groups excluding carboxylic acids is 2. The molecule has 6 heteroatoms. The molecule has 1 heterocycles. The molecule has 5 nitrogen and oxygen atoms in total. The van der Waals surface area contributed by atoms with Crippen molar-refractivity contribution < 1.29 is 14.3 Å². The molecule has 1 aromatic heterocycles. The SMILES string of the molecule is Cc1cccc(OCCC(=O)NNC(=O)c2cc3c(s2)CC[C@@H](C)C3)c1. The number of benzene rings is 1. The Morgan fingerprint density at radius 2 is 2.12 bits per heavy atom. The maximum Gasteiger partial charge on any atom is 0.279 e. The lowest BCUT2D eigenvalue weighted by Gasteiger charge is -2.16. The minimum absolute atomic E-state index is 0.173. The van der Waals surface area contributed by atoms with Crippen LogP contribution >= 0.6 is 11.3 Å². The Balaban J connectivity index is 1.42. The van der Waals surface area contributed by atoms with E-state index in [-0.39, 0.29) is 24.8 Å². The number of nitrogens with one attached hydrogen (secondary N) is 2. The summed E-state index contributed by atoms with van der Waals surface area (Å²) in [5.41, 5.74) is 7.33. The van der Waals surface area contributed by atoms with Gasteiger partial charge in [-0.25, -0.2) is 0 Å². The summed E-state index contributed by atoms with van der Waals surface area (Å²) in [6, 6.07) is 9.62. The van der Waals surface area contributed by atoms with Crippen LogP contribution in [0.3, 0.4) is 0 Å². The molecule has 0 spiro atoms. The van der Waals surface area contributed by atoms with Crippen LogP contribution in [0.2, 0.25) is 0 Å². The van der Waals surface area contributed by atoms with Crippen molar-refractivity contribution in [1.82, 2.24) is 10.9 Å². The first kappa shape index (κ1) is 18.5. The smallest absolute Gasteiger partial charge is 0.279 e. The number of aryl methyl sites for hydroxylation is 2. The largest absolute Gasteiger partial charge is 0.493 e. The maximum absolute atomic E-state index is 12.2. The molecule has 0 unspecified atom stereocenters. The molecule has 2 aromatic rings. The molecule has 26 heavy (non-hydrogen) atoms. The second-order valence-electron chi connectivity index (χ2n) is 6.82. The normalized spacial score (nSPS) is 15.8. The van der Waals surface area contributed by atoms with Crippen molar-refractivity contribution in [3.63, 3.8) is 0 Å². The molecule has 1 atom stereocenters. The number of fused-ring (bicyclic) bond motifs is 1. The van der Waals surface area contributed by atoms with Crippen LogP contribution in [0.15, 0.2) is 30.3 Å². The van der Waals surface area contributed by atoms with Gasteiger partial charge in [0.05, 0.1) is 17.9 Å². The first-order valence-corrected chi connectivity index (χ1v) is 9.73. The van der Waals surface area contributed by atoms with Gasteiger partial charge in [-0.15, -0.1) is 11.3 Å². The van der Waals surface area contributed by atoms with Gasteiger partial charge in [-0.2, -0.15) is 0 Å². The van der Waals surface area contributed by atoms with E-state index in [9.17, 15) is 9.59 Å². The van der Waals surface area contributed by atoms with E-state index in [4.69, 9.17) is 4.74 Å². The summed E-state index contributed by atoms with van der Waals surface area (Å²) < 4.78 is 5.54. The van der Waals surface area contributed by atoms with Crippen molar-refractivity contribution in [2.75, 3.05) is 6.61 Å². The number of hydrogen-bond donors (Lipinski definition) is 2. The van der Waals surface area contributed by atoms with Crippen LogP contribution in [0.5, 0.6) is 5.75 Å². The molecule has 1 aromatic carbocycles. The van der Waals surface area contributed by atoms with Crippen molar-refractivity contribution >= 4 is 23.2 Å². The van der Waals surface area contributed by atoms with Crippen molar-refractivity contribution in [3.8, 4) is 5.75 Å². The van der Waals surface area contributed by atoms with Gasteiger partial charge in [0, 0.05) is 4.88 Å². The summed E-state index contributed by atoms with van der Waals surface area (Å²) in [7, 11) is 0. The lowest BCUT2D eigenvalue weighted by atomic mass is 9.90. The number of carbonyl (C=O) groups is 2. The molecule has 138 valence electrons. The van der Waals surface area contributed by atoms with Gasteiger partial charge in [0.1, 0.15) is 5.75 Å². The van der Waals surface area contributed by atoms with Crippen molar-refractivity contribution in [2.24, 2.45) is 5.92 Å². The molecule has 0 saturated carbocycles. The molecule has 1 aliphatic rings. The third-order valence-corrected chi connectivity index (χ3v) is 5.69. The van der Waals surface area contributed by atoms with Crippen LogP contribution < -0.4 is 15.6 Å². The van der Waals surface area contributed by atoms with Gasteiger partial charge in [-0.05, 0) is 61.4 Å². The molecule has 0 fully saturated rings. The van der Waals surface area contributed by atoms with Gasteiger partial charge in [0.2, 0.25) is 5.91 Å². The molecule has 3 rings (SSSR count). The van der Waals surface area contributed by atoms with Crippen LogP contribution in [0.1, 0.15) is 45.4 Å². The first-order chi connectivity index (χ1) is 12.5. The fourth-order valence-electron chi connectivity index (χ4n) is 3.03. The highest BCUT2D eigenvalue weighted by Gasteiger charge is 2.20. The Hall–Kier alpha value is -2.34. The summed E-state index contributed by atoms with van der Waals surface area (Å²) in [6.07, 6.45) is 3.41. The Morgan fingerprint density at radius 1 is 1.27 bits per heavy atom. The molecule has 1 aliphatic carbocycles. The third-order valence-electron chi connectivity index (χ3n) is 4.46. The maximum atomic E-state index is 12.2. The van der Waals surface area contributed by atoms with E-state index >= 15 is 0 Å². The van der Waals surface area contributed by atoms with E-state index in [1.54, 1.807) is 0 Å². The van der Waals surface area contributed by atoms with Gasteiger partial charge in [-0.3, -0.25) is 20.4 Å². The molecular formula is C20H24N2O3S. The first-order valence-electron chi connectivity index (χ1n) is 8.91. The predicted octanol–water partition coefficient (Wildman–Crippen LogP) is 3.41. The Labute approximate surface area is 157 Å². The van der Waals surface area contributed by atoms with Gasteiger partial charge in [0.25, 0.3) is 5.91 Å². The lowest BCUT2D eigenvalue weighted by molar-refractivity contribution is -0.122. The highest BCUT2D eigenvalue weighted by Crippen LogP contribution is 2.32. The molecule has 0 radical (unpaired) electrons. The van der Waals surface area contributed by atoms with Gasteiger partial charge in [-0.1, -0.05) is 19.1 Å². The molecular weight excluding hydrogens is 348 g/mol. The summed E-state index contributed by atoms with van der Waals surface area (Å²) in [6.45, 7) is 4.48. The Bertz CT molecular complexity index is 800. The summed E-state index contributed by atoms with van der Waals surface area (Å²) >= 11 is 1.53. The number of rotatable bonds is 5. The third kappa shape index (κ3) is 4.85. The fraction of sp³-hybridized carbons (Fsp3) is 0.400. The Morgan fingerprint density at radius 3 is 2.92 bits per heavy atom. The van der Waals surface area contributed by atoms with Crippen molar-refractivity contribution in [2.45, 2.75) is 39.5 Å². The van der Waals surface area contributed by atoms with E-state index in [1.165, 1.54) is 28.2 Å². The van der Waals surface area contributed by atoms with Crippen LogP contribution in [-0.2, 0) is 17.6 Å². The van der Waals surface area contributed by atoms with Crippen molar-refractivity contribution in [1.29, 1.82) is 0 Å². The fourth-order valence-corrected chi connectivity index (χ4v) is 4.14. The topological polar surface area (TPSA) is 67.4 Å². The summed E-state index contributed by atoms with van der Waals surface area (Å²) in [5, 5.41) is 0. The second kappa shape index (κ2) is 8.36. The van der Waals surface area contributed by atoms with Gasteiger partial charge < -0.3 is 4.74 Å². The highest BCUT2D eigenvalue weighted by molar-refractivity contribution is 7.14. The quantitative estimate of drug-likeness (QED) is 0.791. The number of hydrogen-bond acceptors (Lipinski definition) is 4. The molecule has 0 bridgehead atoms. The zero-order chi connectivity index (χ0) is 18.5. The van der Waals surface area contributed by atoms with E-state index < -0.39 is 0 Å². The zero-order valence-corrected chi connectivity index (χ0v) is 15.9. The molecule has 0 saturated heterocycles. The van der Waals surface area contributed by atoms with Crippen LogP contribution in [0.25, 0.3) is 0 Å². The molecule has 2 amide bonds.